The third-order valence-corrected chi connectivity index (χ3v) is 2.70. The smallest absolute Gasteiger partial charge is 0.111 e. The Hall–Kier alpha value is -0.0951. The second kappa shape index (κ2) is 5.71. The minimum Gasteiger partial charge on any atom is -0.382 e. The van der Waals surface area contributed by atoms with Gasteiger partial charge in [-0.3, -0.25) is 0 Å². The first-order valence-corrected chi connectivity index (χ1v) is 4.90. The zero-order valence-electron chi connectivity index (χ0n) is 9.36. The maximum Gasteiger partial charge on any atom is 0.111 e. The summed E-state index contributed by atoms with van der Waals surface area (Å²) in [5.74, 6) is 0.359. The second-order valence-corrected chi connectivity index (χ2v) is 3.71. The van der Waals surface area contributed by atoms with Gasteiger partial charge in [-0.15, -0.1) is 0 Å². The molecule has 0 unspecified atom stereocenters. The van der Waals surface area contributed by atoms with E-state index in [4.69, 9.17) is 18.9 Å². The van der Waals surface area contributed by atoms with Crippen molar-refractivity contribution in [1.82, 2.24) is 0 Å². The lowest BCUT2D eigenvalue weighted by atomic mass is 9.78. The highest BCUT2D eigenvalue weighted by molar-refractivity contribution is 6.12. The van der Waals surface area contributed by atoms with Gasteiger partial charge in [0.25, 0.3) is 0 Å². The molecule has 1 heterocycles. The van der Waals surface area contributed by atoms with Crippen LogP contribution in [0, 0.1) is 0 Å². The summed E-state index contributed by atoms with van der Waals surface area (Å²) < 4.78 is 21.5. The van der Waals surface area contributed by atoms with Crippen LogP contribution in [-0.2, 0) is 18.9 Å². The van der Waals surface area contributed by atoms with Gasteiger partial charge in [-0.1, -0.05) is 0 Å². The highest BCUT2D eigenvalue weighted by Gasteiger charge is 2.38. The molecule has 4 nitrogen and oxygen atoms in total. The number of ether oxygens (including phenoxy) is 4. The monoisotopic (exact) mass is 202 g/mol. The van der Waals surface area contributed by atoms with Crippen molar-refractivity contribution < 1.29 is 18.9 Å². The lowest BCUT2D eigenvalue weighted by Gasteiger charge is -2.39. The highest BCUT2D eigenvalue weighted by atomic mass is 16.6. The van der Waals surface area contributed by atoms with E-state index in [1.54, 1.807) is 21.3 Å². The van der Waals surface area contributed by atoms with Crippen molar-refractivity contribution in [3.05, 3.63) is 0 Å². The zero-order chi connectivity index (χ0) is 10.6. The van der Waals surface area contributed by atoms with Gasteiger partial charge in [0.2, 0.25) is 0 Å². The van der Waals surface area contributed by atoms with Crippen LogP contribution < -0.4 is 0 Å². The molecular formula is C9H19BO4. The fourth-order valence-electron chi connectivity index (χ4n) is 1.96. The maximum absolute atomic E-state index is 5.64. The van der Waals surface area contributed by atoms with Gasteiger partial charge in [-0.25, -0.2) is 0 Å². The van der Waals surface area contributed by atoms with Crippen molar-refractivity contribution in [2.75, 3.05) is 34.5 Å². The molecule has 0 aromatic carbocycles. The fraction of sp³-hybridized carbons (Fsp3) is 1.00. The van der Waals surface area contributed by atoms with Crippen LogP contribution in [0.25, 0.3) is 0 Å². The van der Waals surface area contributed by atoms with E-state index in [2.05, 4.69) is 7.85 Å². The standard InChI is InChI=1S/C9H19BO4/c1-11-5-7-9(13-3)8(12-2)6(10)4-14-7/h6-9H,4-5,10H2,1-3H3/t6-,7-,8+,9-/m1/s1. The Balaban J connectivity index is 2.61. The van der Waals surface area contributed by atoms with Gasteiger partial charge >= 0.3 is 0 Å². The lowest BCUT2D eigenvalue weighted by molar-refractivity contribution is -0.170. The van der Waals surface area contributed by atoms with Gasteiger partial charge in [0.05, 0.1) is 12.7 Å². The Kier molecular flexibility index (Phi) is 4.88. The van der Waals surface area contributed by atoms with Crippen LogP contribution >= 0.6 is 0 Å². The van der Waals surface area contributed by atoms with E-state index in [9.17, 15) is 0 Å². The fourth-order valence-corrected chi connectivity index (χ4v) is 1.96. The van der Waals surface area contributed by atoms with Crippen LogP contribution in [0.5, 0.6) is 0 Å². The average Bonchev–Trinajstić information content (AvgIpc) is 2.20. The summed E-state index contributed by atoms with van der Waals surface area (Å²) in [5, 5.41) is 0. The van der Waals surface area contributed by atoms with Gasteiger partial charge in [0, 0.05) is 27.9 Å². The predicted molar refractivity (Wildman–Crippen MR) is 55.5 cm³/mol. The molecule has 0 aromatic rings. The van der Waals surface area contributed by atoms with Crippen molar-refractivity contribution in [1.29, 1.82) is 0 Å². The molecule has 0 aromatic heterocycles. The Bertz CT molecular complexity index is 167. The molecule has 1 saturated heterocycles. The van der Waals surface area contributed by atoms with Crippen LogP contribution in [0.3, 0.4) is 0 Å². The topological polar surface area (TPSA) is 36.9 Å². The first-order valence-electron chi connectivity index (χ1n) is 4.90. The summed E-state index contributed by atoms with van der Waals surface area (Å²) in [5.41, 5.74) is 0. The number of methoxy groups -OCH3 is 3. The zero-order valence-corrected chi connectivity index (χ0v) is 9.36. The van der Waals surface area contributed by atoms with E-state index in [0.29, 0.717) is 19.0 Å². The lowest BCUT2D eigenvalue weighted by Crippen LogP contribution is -2.51. The summed E-state index contributed by atoms with van der Waals surface area (Å²) in [4.78, 5) is 0. The van der Waals surface area contributed by atoms with E-state index in [1.165, 1.54) is 0 Å². The SMILES string of the molecule is B[C@@H]1CO[C@H](COC)[C@@H](OC)[C@H]1OC. The molecule has 1 aliphatic rings. The molecule has 1 fully saturated rings. The van der Waals surface area contributed by atoms with Crippen molar-refractivity contribution in [3.63, 3.8) is 0 Å². The Labute approximate surface area is 86.3 Å². The highest BCUT2D eigenvalue weighted by Crippen LogP contribution is 2.26. The molecule has 4 atom stereocenters. The van der Waals surface area contributed by atoms with Crippen molar-refractivity contribution in [2.45, 2.75) is 24.1 Å². The van der Waals surface area contributed by atoms with Gasteiger partial charge in [-0.2, -0.15) is 0 Å². The molecule has 0 spiro atoms. The molecule has 0 aliphatic carbocycles. The largest absolute Gasteiger partial charge is 0.382 e. The van der Waals surface area contributed by atoms with E-state index in [-0.39, 0.29) is 18.3 Å². The van der Waals surface area contributed by atoms with E-state index in [1.807, 2.05) is 0 Å². The van der Waals surface area contributed by atoms with Crippen LogP contribution in [0.15, 0.2) is 0 Å². The minimum atomic E-state index is -0.0382. The van der Waals surface area contributed by atoms with Crippen LogP contribution in [0.2, 0.25) is 5.82 Å². The Morgan fingerprint density at radius 3 is 2.36 bits per heavy atom. The molecule has 1 aliphatic heterocycles. The molecule has 1 rings (SSSR count). The van der Waals surface area contributed by atoms with Gasteiger partial charge in [0.1, 0.15) is 20.1 Å². The summed E-state index contributed by atoms with van der Waals surface area (Å²) in [6, 6.07) is 0. The van der Waals surface area contributed by atoms with E-state index in [0.717, 1.165) is 0 Å². The van der Waals surface area contributed by atoms with Crippen molar-refractivity contribution >= 4 is 7.85 Å². The Morgan fingerprint density at radius 1 is 1.21 bits per heavy atom. The molecular weight excluding hydrogens is 183 g/mol. The molecule has 14 heavy (non-hydrogen) atoms. The molecule has 0 amide bonds. The maximum atomic E-state index is 5.64. The second-order valence-electron chi connectivity index (χ2n) is 3.71. The first-order chi connectivity index (χ1) is 6.74. The predicted octanol–water partition coefficient (Wildman–Crippen LogP) is -0.517. The van der Waals surface area contributed by atoms with Gasteiger partial charge in [0.15, 0.2) is 0 Å². The number of hydrogen-bond acceptors (Lipinski definition) is 4. The Morgan fingerprint density at radius 2 is 1.86 bits per heavy atom. The summed E-state index contributed by atoms with van der Waals surface area (Å²) >= 11 is 0. The molecule has 0 radical (unpaired) electrons. The number of hydrogen-bond donors (Lipinski definition) is 0. The van der Waals surface area contributed by atoms with E-state index < -0.39 is 0 Å². The first kappa shape index (κ1) is 12.0. The van der Waals surface area contributed by atoms with Crippen molar-refractivity contribution in [3.8, 4) is 0 Å². The molecule has 0 saturated carbocycles. The average molecular weight is 202 g/mol. The van der Waals surface area contributed by atoms with Crippen LogP contribution in [0.4, 0.5) is 0 Å². The minimum absolute atomic E-state index is 0.0221. The summed E-state index contributed by atoms with van der Waals surface area (Å²) in [7, 11) is 7.16. The summed E-state index contributed by atoms with van der Waals surface area (Å²) in [6.07, 6.45) is 0.0312. The van der Waals surface area contributed by atoms with Crippen LogP contribution in [0.1, 0.15) is 0 Å². The normalized spacial score (nSPS) is 38.5. The molecule has 0 bridgehead atoms. The van der Waals surface area contributed by atoms with E-state index >= 15 is 0 Å². The third-order valence-electron chi connectivity index (χ3n) is 2.70. The van der Waals surface area contributed by atoms with Crippen molar-refractivity contribution in [2.24, 2.45) is 0 Å². The molecule has 0 N–H and O–H groups in total. The summed E-state index contributed by atoms with van der Waals surface area (Å²) in [6.45, 7) is 1.25. The molecule has 5 heteroatoms. The van der Waals surface area contributed by atoms with Crippen LogP contribution in [-0.4, -0.2) is 60.7 Å². The molecule has 82 valence electrons. The van der Waals surface area contributed by atoms with Gasteiger partial charge < -0.3 is 18.9 Å². The quantitative estimate of drug-likeness (QED) is 0.575. The number of rotatable bonds is 4. The van der Waals surface area contributed by atoms with Gasteiger partial charge in [-0.05, 0) is 5.82 Å². The third kappa shape index (κ3) is 2.48.